The SMILES string of the molecule is COC(=O)CCc1cc(Cl)c(OCCCOCCOCc2[nH]ncc2C(C)CCOc2cc(C(=O)O)ccc2F)c(Cl)c1. The number of aromatic carboxylic acids is 1. The van der Waals surface area contributed by atoms with Gasteiger partial charge in [0.1, 0.15) is 0 Å². The third-order valence-corrected chi connectivity index (χ3v) is 7.03. The van der Waals surface area contributed by atoms with Crippen molar-refractivity contribution in [2.45, 2.75) is 45.1 Å². The maximum absolute atomic E-state index is 14.0. The van der Waals surface area contributed by atoms with Crippen molar-refractivity contribution >= 4 is 35.1 Å². The van der Waals surface area contributed by atoms with Crippen LogP contribution < -0.4 is 9.47 Å². The summed E-state index contributed by atoms with van der Waals surface area (Å²) in [6, 6.07) is 6.90. The fraction of sp³-hybridized carbons (Fsp3) is 0.433. The number of ether oxygens (including phenoxy) is 5. The molecule has 0 aliphatic rings. The van der Waals surface area contributed by atoms with Crippen molar-refractivity contribution in [3.05, 3.63) is 74.8 Å². The van der Waals surface area contributed by atoms with Gasteiger partial charge in [-0.3, -0.25) is 9.89 Å². The number of methoxy groups -OCH3 is 1. The summed E-state index contributed by atoms with van der Waals surface area (Å²) >= 11 is 12.6. The Bertz CT molecular complexity index is 1330. The van der Waals surface area contributed by atoms with Gasteiger partial charge in [0.05, 0.1) is 67.6 Å². The molecule has 0 fully saturated rings. The number of nitrogens with zero attached hydrogens (tertiary/aromatic N) is 1. The number of aromatic nitrogens is 2. The molecular weight excluding hydrogens is 606 g/mol. The summed E-state index contributed by atoms with van der Waals surface area (Å²) < 4.78 is 41.2. The minimum Gasteiger partial charge on any atom is -0.490 e. The quantitative estimate of drug-likeness (QED) is 0.116. The number of carboxylic acids is 1. The molecule has 1 heterocycles. The maximum atomic E-state index is 14.0. The predicted octanol–water partition coefficient (Wildman–Crippen LogP) is 6.23. The molecule has 0 amide bonds. The summed E-state index contributed by atoms with van der Waals surface area (Å²) in [6.45, 7) is 4.09. The lowest BCUT2D eigenvalue weighted by Crippen LogP contribution is -2.10. The molecule has 234 valence electrons. The van der Waals surface area contributed by atoms with Crippen LogP contribution in [0, 0.1) is 5.82 Å². The molecule has 0 aliphatic carbocycles. The van der Waals surface area contributed by atoms with E-state index in [1.54, 1.807) is 18.3 Å². The van der Waals surface area contributed by atoms with E-state index in [0.717, 1.165) is 22.9 Å². The normalized spacial score (nSPS) is 11.7. The number of rotatable bonds is 19. The standard InChI is InChI=1S/C30H35Cl2FN2O8/c1-19(8-11-42-27-16-21(30(37)38)5-6-25(27)33)22-17-34-35-26(22)18-41-13-12-40-9-3-10-43-29-23(31)14-20(15-24(29)32)4-7-28(36)39-2/h5-6,14-17,19H,3-4,7-13,18H2,1-2H3,(H,34,35)(H,37,38). The van der Waals surface area contributed by atoms with E-state index in [4.69, 9.17) is 47.3 Å². The zero-order chi connectivity index (χ0) is 31.2. The molecule has 0 saturated carbocycles. The fourth-order valence-corrected chi connectivity index (χ4v) is 4.72. The first-order chi connectivity index (χ1) is 20.7. The minimum atomic E-state index is -1.15. The number of esters is 1. The van der Waals surface area contributed by atoms with Crippen LogP contribution in [0.4, 0.5) is 4.39 Å². The highest BCUT2D eigenvalue weighted by molar-refractivity contribution is 6.37. The Hall–Kier alpha value is -3.38. The number of hydrogen-bond donors (Lipinski definition) is 2. The molecule has 0 saturated heterocycles. The van der Waals surface area contributed by atoms with E-state index < -0.39 is 11.8 Å². The van der Waals surface area contributed by atoms with Crippen molar-refractivity contribution in [2.24, 2.45) is 0 Å². The Morgan fingerprint density at radius 1 is 1.02 bits per heavy atom. The zero-order valence-electron chi connectivity index (χ0n) is 24.0. The Kier molecular flexibility index (Phi) is 14.0. The molecule has 0 bridgehead atoms. The lowest BCUT2D eigenvalue weighted by atomic mass is 9.99. The number of halogens is 3. The van der Waals surface area contributed by atoms with Crippen molar-refractivity contribution in [2.75, 3.05) is 40.1 Å². The van der Waals surface area contributed by atoms with Gasteiger partial charge in [-0.1, -0.05) is 30.1 Å². The van der Waals surface area contributed by atoms with Crippen LogP contribution in [0.15, 0.2) is 36.5 Å². The average Bonchev–Trinajstić information content (AvgIpc) is 3.45. The van der Waals surface area contributed by atoms with Gasteiger partial charge in [-0.05, 0) is 60.2 Å². The van der Waals surface area contributed by atoms with Crippen molar-refractivity contribution in [1.82, 2.24) is 10.2 Å². The Balaban J connectivity index is 1.30. The van der Waals surface area contributed by atoms with Crippen LogP contribution in [0.3, 0.4) is 0 Å². The number of aryl methyl sites for hydroxylation is 1. The molecule has 1 unspecified atom stereocenters. The summed E-state index contributed by atoms with van der Waals surface area (Å²) in [6.07, 6.45) is 3.60. The topological polar surface area (TPSA) is 129 Å². The van der Waals surface area contributed by atoms with E-state index in [-0.39, 0.29) is 36.2 Å². The van der Waals surface area contributed by atoms with Gasteiger partial charge in [0.2, 0.25) is 0 Å². The molecule has 0 radical (unpaired) electrons. The van der Waals surface area contributed by atoms with Crippen LogP contribution in [0.5, 0.6) is 11.5 Å². The van der Waals surface area contributed by atoms with Gasteiger partial charge in [0.25, 0.3) is 0 Å². The van der Waals surface area contributed by atoms with Crippen molar-refractivity contribution < 1.29 is 42.8 Å². The molecule has 43 heavy (non-hydrogen) atoms. The largest absolute Gasteiger partial charge is 0.490 e. The van der Waals surface area contributed by atoms with Gasteiger partial charge in [0.15, 0.2) is 17.3 Å². The van der Waals surface area contributed by atoms with E-state index in [9.17, 15) is 14.0 Å². The highest BCUT2D eigenvalue weighted by Gasteiger charge is 2.15. The van der Waals surface area contributed by atoms with E-state index in [0.29, 0.717) is 68.1 Å². The van der Waals surface area contributed by atoms with Crippen LogP contribution in [-0.2, 0) is 32.0 Å². The molecule has 0 aliphatic heterocycles. The molecule has 0 spiro atoms. The van der Waals surface area contributed by atoms with Gasteiger partial charge in [-0.2, -0.15) is 5.10 Å². The lowest BCUT2D eigenvalue weighted by Gasteiger charge is -2.14. The van der Waals surface area contributed by atoms with Crippen LogP contribution in [0.25, 0.3) is 0 Å². The number of carboxylic acid groups (broad SMARTS) is 1. The number of aromatic amines is 1. The Labute approximate surface area is 259 Å². The number of carbonyl (C=O) groups is 2. The third kappa shape index (κ3) is 11.0. The molecule has 1 aromatic heterocycles. The average molecular weight is 642 g/mol. The second-order valence-electron chi connectivity index (χ2n) is 9.62. The van der Waals surface area contributed by atoms with Crippen LogP contribution >= 0.6 is 23.2 Å². The second kappa shape index (κ2) is 17.7. The molecule has 1 atom stereocenters. The van der Waals surface area contributed by atoms with Gasteiger partial charge in [-0.25, -0.2) is 9.18 Å². The summed E-state index contributed by atoms with van der Waals surface area (Å²) in [4.78, 5) is 22.4. The first-order valence-electron chi connectivity index (χ1n) is 13.7. The first-order valence-corrected chi connectivity index (χ1v) is 14.5. The molecule has 10 nitrogen and oxygen atoms in total. The number of nitrogens with one attached hydrogen (secondary N) is 1. The van der Waals surface area contributed by atoms with Crippen molar-refractivity contribution in [3.8, 4) is 11.5 Å². The number of benzene rings is 2. The zero-order valence-corrected chi connectivity index (χ0v) is 25.5. The van der Waals surface area contributed by atoms with Crippen LogP contribution in [0.2, 0.25) is 10.0 Å². The van der Waals surface area contributed by atoms with Gasteiger partial charge in [0, 0.05) is 19.4 Å². The summed E-state index contributed by atoms with van der Waals surface area (Å²) in [5.41, 5.74) is 2.56. The van der Waals surface area contributed by atoms with E-state index in [1.165, 1.54) is 19.2 Å². The Morgan fingerprint density at radius 2 is 1.77 bits per heavy atom. The second-order valence-corrected chi connectivity index (χ2v) is 10.4. The molecule has 2 N–H and O–H groups in total. The third-order valence-electron chi connectivity index (χ3n) is 6.47. The monoisotopic (exact) mass is 640 g/mol. The number of H-pyrrole nitrogens is 1. The highest BCUT2D eigenvalue weighted by Crippen LogP contribution is 2.34. The van der Waals surface area contributed by atoms with Gasteiger partial charge >= 0.3 is 11.9 Å². The van der Waals surface area contributed by atoms with Crippen molar-refractivity contribution in [1.29, 1.82) is 0 Å². The fourth-order valence-electron chi connectivity index (χ4n) is 4.08. The summed E-state index contributed by atoms with van der Waals surface area (Å²) in [5.74, 6) is -1.73. The predicted molar refractivity (Wildman–Crippen MR) is 158 cm³/mol. The number of carbonyl (C=O) groups excluding carboxylic acids is 1. The molecule has 3 rings (SSSR count). The summed E-state index contributed by atoms with van der Waals surface area (Å²) in [7, 11) is 1.34. The molecule has 3 aromatic rings. The van der Waals surface area contributed by atoms with E-state index in [1.807, 2.05) is 6.92 Å². The van der Waals surface area contributed by atoms with Gasteiger partial charge < -0.3 is 28.8 Å². The molecular formula is C30H35Cl2FN2O8. The minimum absolute atomic E-state index is 0.0392. The van der Waals surface area contributed by atoms with Crippen LogP contribution in [-0.4, -0.2) is 67.4 Å². The number of hydrogen-bond acceptors (Lipinski definition) is 8. The van der Waals surface area contributed by atoms with Gasteiger partial charge in [-0.15, -0.1) is 0 Å². The molecule has 13 heteroatoms. The van der Waals surface area contributed by atoms with E-state index >= 15 is 0 Å². The molecule has 2 aromatic carbocycles. The highest BCUT2D eigenvalue weighted by atomic mass is 35.5. The smallest absolute Gasteiger partial charge is 0.335 e. The maximum Gasteiger partial charge on any atom is 0.335 e. The first kappa shape index (κ1) is 34.1. The lowest BCUT2D eigenvalue weighted by molar-refractivity contribution is -0.140. The Morgan fingerprint density at radius 3 is 2.49 bits per heavy atom. The van der Waals surface area contributed by atoms with E-state index in [2.05, 4.69) is 14.9 Å². The van der Waals surface area contributed by atoms with Crippen LogP contribution in [0.1, 0.15) is 59.3 Å². The van der Waals surface area contributed by atoms with Crippen molar-refractivity contribution in [3.63, 3.8) is 0 Å². The summed E-state index contributed by atoms with van der Waals surface area (Å²) in [5, 5.41) is 16.9.